The molecule has 4 nitrogen and oxygen atoms in total. The van der Waals surface area contributed by atoms with Crippen LogP contribution in [0.1, 0.15) is 27.2 Å². The molecule has 3 N–H and O–H groups in total. The van der Waals surface area contributed by atoms with Crippen LogP contribution in [-0.4, -0.2) is 44.0 Å². The summed E-state index contributed by atoms with van der Waals surface area (Å²) in [6, 6.07) is 0.383. The second-order valence-corrected chi connectivity index (χ2v) is 5.00. The topological polar surface area (TPSA) is 58.4 Å². The molecule has 0 bridgehead atoms. The van der Waals surface area contributed by atoms with Gasteiger partial charge in [-0.15, -0.1) is 0 Å². The van der Waals surface area contributed by atoms with Crippen LogP contribution >= 0.6 is 0 Å². The van der Waals surface area contributed by atoms with E-state index in [1.165, 1.54) is 0 Å². The number of nitrogens with one attached hydrogen (secondary N) is 1. The van der Waals surface area contributed by atoms with E-state index in [9.17, 15) is 4.79 Å². The molecule has 0 aliphatic heterocycles. The Labute approximate surface area is 99.6 Å². The third-order valence-corrected chi connectivity index (χ3v) is 2.97. The lowest BCUT2D eigenvalue weighted by Gasteiger charge is -2.28. The standard InChI is InChI=1S/C12H27N3O/c1-9(2)11(15(4)5)8-14-12(16)10(3)6-7-13/h9-11H,6-8,13H2,1-5H3,(H,14,16). The Hall–Kier alpha value is -0.610. The summed E-state index contributed by atoms with van der Waals surface area (Å²) >= 11 is 0. The molecule has 96 valence electrons. The van der Waals surface area contributed by atoms with E-state index in [0.717, 1.165) is 6.42 Å². The summed E-state index contributed by atoms with van der Waals surface area (Å²) in [5, 5.41) is 2.99. The van der Waals surface area contributed by atoms with Gasteiger partial charge in [0.15, 0.2) is 0 Å². The van der Waals surface area contributed by atoms with Gasteiger partial charge >= 0.3 is 0 Å². The van der Waals surface area contributed by atoms with E-state index in [1.54, 1.807) is 0 Å². The van der Waals surface area contributed by atoms with Crippen LogP contribution in [0.25, 0.3) is 0 Å². The van der Waals surface area contributed by atoms with Gasteiger partial charge in [-0.2, -0.15) is 0 Å². The van der Waals surface area contributed by atoms with Crippen molar-refractivity contribution < 1.29 is 4.79 Å². The minimum absolute atomic E-state index is 0.0139. The predicted octanol–water partition coefficient (Wildman–Crippen LogP) is 0.674. The first kappa shape index (κ1) is 15.4. The van der Waals surface area contributed by atoms with Crippen molar-refractivity contribution in [1.29, 1.82) is 0 Å². The molecular weight excluding hydrogens is 202 g/mol. The summed E-state index contributed by atoms with van der Waals surface area (Å²) in [6.07, 6.45) is 0.750. The number of rotatable bonds is 7. The van der Waals surface area contributed by atoms with E-state index in [2.05, 4.69) is 24.1 Å². The van der Waals surface area contributed by atoms with Crippen LogP contribution in [-0.2, 0) is 4.79 Å². The molecule has 0 heterocycles. The summed E-state index contributed by atoms with van der Waals surface area (Å²) in [7, 11) is 4.08. The first-order valence-electron chi connectivity index (χ1n) is 6.04. The van der Waals surface area contributed by atoms with Crippen molar-refractivity contribution in [3.63, 3.8) is 0 Å². The Morgan fingerprint density at radius 2 is 1.88 bits per heavy atom. The maximum absolute atomic E-state index is 11.7. The molecule has 1 amide bonds. The van der Waals surface area contributed by atoms with Crippen LogP contribution in [0.4, 0.5) is 0 Å². The van der Waals surface area contributed by atoms with E-state index in [1.807, 2.05) is 21.0 Å². The van der Waals surface area contributed by atoms with Crippen molar-refractivity contribution in [2.75, 3.05) is 27.2 Å². The molecule has 16 heavy (non-hydrogen) atoms. The molecule has 0 aromatic heterocycles. The van der Waals surface area contributed by atoms with Gasteiger partial charge in [0.1, 0.15) is 0 Å². The molecule has 0 aromatic carbocycles. The number of carbonyl (C=O) groups is 1. The number of hydrogen-bond donors (Lipinski definition) is 2. The molecule has 0 aliphatic carbocycles. The fourth-order valence-electron chi connectivity index (χ4n) is 1.78. The minimum Gasteiger partial charge on any atom is -0.354 e. The zero-order chi connectivity index (χ0) is 12.7. The first-order chi connectivity index (χ1) is 7.40. The van der Waals surface area contributed by atoms with E-state index in [4.69, 9.17) is 5.73 Å². The average Bonchev–Trinajstić information content (AvgIpc) is 2.16. The highest BCUT2D eigenvalue weighted by Crippen LogP contribution is 2.07. The van der Waals surface area contributed by atoms with Gasteiger partial charge in [0.25, 0.3) is 0 Å². The normalized spacial score (nSPS) is 15.2. The Morgan fingerprint density at radius 1 is 1.31 bits per heavy atom. The Morgan fingerprint density at radius 3 is 2.25 bits per heavy atom. The van der Waals surface area contributed by atoms with Crippen LogP contribution in [0.5, 0.6) is 0 Å². The second kappa shape index (κ2) is 7.63. The van der Waals surface area contributed by atoms with Crippen LogP contribution in [0.2, 0.25) is 0 Å². The fraction of sp³-hybridized carbons (Fsp3) is 0.917. The third kappa shape index (κ3) is 5.47. The highest BCUT2D eigenvalue weighted by atomic mass is 16.1. The van der Waals surface area contributed by atoms with Crippen molar-refractivity contribution in [1.82, 2.24) is 10.2 Å². The smallest absolute Gasteiger partial charge is 0.222 e. The molecule has 0 saturated heterocycles. The molecule has 2 unspecified atom stereocenters. The number of amides is 1. The largest absolute Gasteiger partial charge is 0.354 e. The van der Waals surface area contributed by atoms with Crippen molar-refractivity contribution in [2.45, 2.75) is 33.2 Å². The summed E-state index contributed by atoms with van der Waals surface area (Å²) in [5.74, 6) is 0.651. The maximum atomic E-state index is 11.7. The lowest BCUT2D eigenvalue weighted by atomic mass is 10.0. The summed E-state index contributed by atoms with van der Waals surface area (Å²) in [4.78, 5) is 13.8. The summed E-state index contributed by atoms with van der Waals surface area (Å²) < 4.78 is 0. The fourth-order valence-corrected chi connectivity index (χ4v) is 1.78. The Bertz CT molecular complexity index is 196. The maximum Gasteiger partial charge on any atom is 0.222 e. The van der Waals surface area contributed by atoms with Gasteiger partial charge in [-0.05, 0) is 33.0 Å². The number of nitrogens with zero attached hydrogens (tertiary/aromatic N) is 1. The van der Waals surface area contributed by atoms with Gasteiger partial charge < -0.3 is 16.0 Å². The van der Waals surface area contributed by atoms with Crippen molar-refractivity contribution in [3.05, 3.63) is 0 Å². The zero-order valence-electron chi connectivity index (χ0n) is 11.3. The van der Waals surface area contributed by atoms with Gasteiger partial charge in [0, 0.05) is 18.5 Å². The van der Waals surface area contributed by atoms with Gasteiger partial charge in [-0.25, -0.2) is 0 Å². The SMILES string of the molecule is CC(CCN)C(=O)NCC(C(C)C)N(C)C. The molecule has 0 aliphatic rings. The molecule has 2 atom stereocenters. The van der Waals surface area contributed by atoms with E-state index in [-0.39, 0.29) is 11.8 Å². The molecule has 0 saturated carbocycles. The van der Waals surface area contributed by atoms with E-state index < -0.39 is 0 Å². The zero-order valence-corrected chi connectivity index (χ0v) is 11.3. The second-order valence-electron chi connectivity index (χ2n) is 5.00. The summed E-state index contributed by atoms with van der Waals surface area (Å²) in [5.41, 5.74) is 5.43. The van der Waals surface area contributed by atoms with E-state index in [0.29, 0.717) is 25.0 Å². The number of nitrogens with two attached hydrogens (primary N) is 1. The highest BCUT2D eigenvalue weighted by Gasteiger charge is 2.18. The Balaban J connectivity index is 4.06. The van der Waals surface area contributed by atoms with Crippen LogP contribution in [0.3, 0.4) is 0 Å². The quantitative estimate of drug-likeness (QED) is 0.675. The van der Waals surface area contributed by atoms with E-state index >= 15 is 0 Å². The monoisotopic (exact) mass is 229 g/mol. The number of likely N-dealkylation sites (N-methyl/N-ethyl adjacent to an activating group) is 1. The Kier molecular flexibility index (Phi) is 7.34. The highest BCUT2D eigenvalue weighted by molar-refractivity contribution is 5.78. The third-order valence-electron chi connectivity index (χ3n) is 2.97. The lowest BCUT2D eigenvalue weighted by molar-refractivity contribution is -0.124. The van der Waals surface area contributed by atoms with Crippen molar-refractivity contribution in [3.8, 4) is 0 Å². The molecule has 0 radical (unpaired) electrons. The minimum atomic E-state index is 0.0139. The molecule has 0 aromatic rings. The molecule has 4 heteroatoms. The van der Waals surface area contributed by atoms with Gasteiger partial charge in [0.05, 0.1) is 0 Å². The van der Waals surface area contributed by atoms with Crippen molar-refractivity contribution in [2.24, 2.45) is 17.6 Å². The molecule has 0 rings (SSSR count). The van der Waals surface area contributed by atoms with Crippen LogP contribution < -0.4 is 11.1 Å². The van der Waals surface area contributed by atoms with Crippen LogP contribution in [0, 0.1) is 11.8 Å². The molecule has 0 spiro atoms. The summed E-state index contributed by atoms with van der Waals surface area (Å²) in [6.45, 7) is 7.52. The number of carbonyl (C=O) groups excluding carboxylic acids is 1. The van der Waals surface area contributed by atoms with Crippen molar-refractivity contribution >= 4 is 5.91 Å². The van der Waals surface area contributed by atoms with Gasteiger partial charge in [-0.1, -0.05) is 20.8 Å². The molecular formula is C12H27N3O. The van der Waals surface area contributed by atoms with Crippen LogP contribution in [0.15, 0.2) is 0 Å². The average molecular weight is 229 g/mol. The lowest BCUT2D eigenvalue weighted by Crippen LogP contribution is -2.44. The first-order valence-corrected chi connectivity index (χ1v) is 6.04. The number of hydrogen-bond acceptors (Lipinski definition) is 3. The molecule has 0 fully saturated rings. The van der Waals surface area contributed by atoms with Gasteiger partial charge in [-0.3, -0.25) is 4.79 Å². The predicted molar refractivity (Wildman–Crippen MR) is 68.2 cm³/mol. The van der Waals surface area contributed by atoms with Gasteiger partial charge in [0.2, 0.25) is 5.91 Å².